The fourth-order valence-electron chi connectivity index (χ4n) is 1.97. The minimum absolute atomic E-state index is 0.189. The van der Waals surface area contributed by atoms with Gasteiger partial charge >= 0.3 is 0 Å². The Morgan fingerprint density at radius 1 is 1.57 bits per heavy atom. The fourth-order valence-corrected chi connectivity index (χ4v) is 1.97. The number of nitrogens with zero attached hydrogens (tertiary/aromatic N) is 1. The number of hydrogen-bond donors (Lipinski definition) is 0. The van der Waals surface area contributed by atoms with Gasteiger partial charge in [-0.2, -0.15) is 5.26 Å². The first-order valence-electron chi connectivity index (χ1n) is 5.48. The van der Waals surface area contributed by atoms with Crippen LogP contribution in [0.5, 0.6) is 0 Å². The molecule has 0 aromatic heterocycles. The molecule has 0 bridgehead atoms. The lowest BCUT2D eigenvalue weighted by molar-refractivity contribution is -0.0738. The third kappa shape index (κ3) is 2.27. The smallest absolute Gasteiger partial charge is 0.0788 e. The van der Waals surface area contributed by atoms with Gasteiger partial charge in [0.15, 0.2) is 0 Å². The van der Waals surface area contributed by atoms with Gasteiger partial charge in [-0.05, 0) is 31.6 Å². The summed E-state index contributed by atoms with van der Waals surface area (Å²) in [4.78, 5) is 0. The predicted molar refractivity (Wildman–Crippen MR) is 56.8 cm³/mol. The van der Waals surface area contributed by atoms with Gasteiger partial charge in [0.2, 0.25) is 0 Å². The van der Waals surface area contributed by atoms with E-state index in [1.165, 1.54) is 0 Å². The Kier molecular flexibility index (Phi) is 3.21. The minimum atomic E-state index is -0.189. The van der Waals surface area contributed by atoms with E-state index in [9.17, 15) is 0 Å². The van der Waals surface area contributed by atoms with Gasteiger partial charge in [0.25, 0.3) is 0 Å². The second-order valence-corrected chi connectivity index (χ2v) is 5.27. The van der Waals surface area contributed by atoms with Crippen LogP contribution in [0.2, 0.25) is 0 Å². The molecule has 1 heterocycles. The number of ether oxygens (including phenoxy) is 1. The van der Waals surface area contributed by atoms with Crippen molar-refractivity contribution < 1.29 is 4.74 Å². The van der Waals surface area contributed by atoms with E-state index in [1.807, 2.05) is 0 Å². The topological polar surface area (TPSA) is 33.0 Å². The van der Waals surface area contributed by atoms with Crippen molar-refractivity contribution in [3.8, 4) is 6.07 Å². The van der Waals surface area contributed by atoms with Crippen LogP contribution in [0.15, 0.2) is 0 Å². The summed E-state index contributed by atoms with van der Waals surface area (Å²) in [6.45, 7) is 8.75. The minimum Gasteiger partial charge on any atom is -0.370 e. The summed E-state index contributed by atoms with van der Waals surface area (Å²) in [5, 5.41) is 8.71. The molecule has 0 aromatic rings. The summed E-state index contributed by atoms with van der Waals surface area (Å²) in [7, 11) is 0. The normalized spacial score (nSPS) is 32.9. The molecule has 1 aliphatic heterocycles. The van der Waals surface area contributed by atoms with Crippen molar-refractivity contribution in [3.05, 3.63) is 0 Å². The molecule has 0 aromatic carbocycles. The van der Waals surface area contributed by atoms with Crippen LogP contribution in [0.25, 0.3) is 0 Å². The van der Waals surface area contributed by atoms with Gasteiger partial charge in [0.1, 0.15) is 0 Å². The zero-order valence-corrected chi connectivity index (χ0v) is 9.76. The highest BCUT2D eigenvalue weighted by Gasteiger charge is 2.42. The van der Waals surface area contributed by atoms with Gasteiger partial charge in [0, 0.05) is 0 Å². The number of rotatable bonds is 3. The second-order valence-electron chi connectivity index (χ2n) is 5.27. The lowest BCUT2D eigenvalue weighted by atomic mass is 9.82. The quantitative estimate of drug-likeness (QED) is 0.692. The molecular formula is C12H21NO. The summed E-state index contributed by atoms with van der Waals surface area (Å²) in [6, 6.07) is 2.22. The molecule has 1 fully saturated rings. The van der Waals surface area contributed by atoms with Crippen LogP contribution in [0, 0.1) is 16.7 Å². The third-order valence-corrected chi connectivity index (χ3v) is 3.60. The van der Waals surface area contributed by atoms with Crippen molar-refractivity contribution in [2.24, 2.45) is 5.41 Å². The standard InChI is InChI=1S/C12H21NO/c1-5-11(2,3)10-6-7-12(4,14-10)8-9-13/h10H,5-8H2,1-4H3. The molecule has 0 radical (unpaired) electrons. The summed E-state index contributed by atoms with van der Waals surface area (Å²) in [5.41, 5.74) is 0.0546. The van der Waals surface area contributed by atoms with Crippen LogP contribution in [0.3, 0.4) is 0 Å². The summed E-state index contributed by atoms with van der Waals surface area (Å²) in [5.74, 6) is 0. The Morgan fingerprint density at radius 2 is 2.21 bits per heavy atom. The summed E-state index contributed by atoms with van der Waals surface area (Å²) >= 11 is 0. The van der Waals surface area contributed by atoms with Gasteiger partial charge in [-0.15, -0.1) is 0 Å². The van der Waals surface area contributed by atoms with Crippen LogP contribution in [-0.2, 0) is 4.74 Å². The molecule has 1 aliphatic rings. The summed E-state index contributed by atoms with van der Waals surface area (Å²) in [6.07, 6.45) is 4.09. The maximum Gasteiger partial charge on any atom is 0.0788 e. The van der Waals surface area contributed by atoms with E-state index in [-0.39, 0.29) is 11.0 Å². The Bertz CT molecular complexity index is 241. The van der Waals surface area contributed by atoms with Gasteiger partial charge in [-0.25, -0.2) is 0 Å². The van der Waals surface area contributed by atoms with E-state index in [4.69, 9.17) is 10.00 Å². The Morgan fingerprint density at radius 3 is 2.71 bits per heavy atom. The van der Waals surface area contributed by atoms with Crippen LogP contribution >= 0.6 is 0 Å². The molecule has 2 atom stereocenters. The first-order chi connectivity index (χ1) is 6.43. The Labute approximate surface area is 87.3 Å². The molecule has 2 heteroatoms. The highest BCUT2D eigenvalue weighted by atomic mass is 16.5. The average molecular weight is 195 g/mol. The number of nitriles is 1. The van der Waals surface area contributed by atoms with Crippen LogP contribution < -0.4 is 0 Å². The molecule has 0 saturated carbocycles. The molecule has 0 amide bonds. The molecule has 80 valence electrons. The third-order valence-electron chi connectivity index (χ3n) is 3.60. The van der Waals surface area contributed by atoms with E-state index >= 15 is 0 Å². The Hall–Kier alpha value is -0.550. The van der Waals surface area contributed by atoms with Gasteiger partial charge in [-0.1, -0.05) is 20.8 Å². The van der Waals surface area contributed by atoms with Crippen LogP contribution in [-0.4, -0.2) is 11.7 Å². The predicted octanol–water partition coefficient (Wildman–Crippen LogP) is 3.27. The maximum atomic E-state index is 8.71. The van der Waals surface area contributed by atoms with E-state index in [0.717, 1.165) is 19.3 Å². The highest BCUT2D eigenvalue weighted by Crippen LogP contribution is 2.41. The summed E-state index contributed by atoms with van der Waals surface area (Å²) < 4.78 is 6.02. The van der Waals surface area contributed by atoms with Crippen LogP contribution in [0.4, 0.5) is 0 Å². The monoisotopic (exact) mass is 195 g/mol. The van der Waals surface area contributed by atoms with E-state index in [0.29, 0.717) is 12.5 Å². The molecule has 1 saturated heterocycles. The first kappa shape index (κ1) is 11.5. The van der Waals surface area contributed by atoms with Crippen molar-refractivity contribution in [3.63, 3.8) is 0 Å². The first-order valence-corrected chi connectivity index (χ1v) is 5.48. The lowest BCUT2D eigenvalue weighted by Crippen LogP contribution is -2.32. The molecule has 1 rings (SSSR count). The van der Waals surface area contributed by atoms with Crippen molar-refractivity contribution in [2.75, 3.05) is 0 Å². The van der Waals surface area contributed by atoms with Gasteiger partial charge in [-0.3, -0.25) is 0 Å². The zero-order valence-electron chi connectivity index (χ0n) is 9.76. The lowest BCUT2D eigenvalue weighted by Gasteiger charge is -2.32. The van der Waals surface area contributed by atoms with Crippen molar-refractivity contribution in [1.29, 1.82) is 5.26 Å². The molecular weight excluding hydrogens is 174 g/mol. The molecule has 2 nitrogen and oxygen atoms in total. The van der Waals surface area contributed by atoms with Gasteiger partial charge in [0.05, 0.1) is 24.2 Å². The highest BCUT2D eigenvalue weighted by molar-refractivity contribution is 4.95. The Balaban J connectivity index is 2.62. The maximum absolute atomic E-state index is 8.71. The molecule has 0 spiro atoms. The number of hydrogen-bond acceptors (Lipinski definition) is 2. The van der Waals surface area contributed by atoms with Gasteiger partial charge < -0.3 is 4.74 Å². The zero-order chi connectivity index (χ0) is 10.8. The van der Waals surface area contributed by atoms with Crippen molar-refractivity contribution in [2.45, 2.75) is 65.1 Å². The largest absolute Gasteiger partial charge is 0.370 e. The van der Waals surface area contributed by atoms with Crippen LogP contribution in [0.1, 0.15) is 53.4 Å². The molecule has 0 aliphatic carbocycles. The van der Waals surface area contributed by atoms with Crippen molar-refractivity contribution >= 4 is 0 Å². The molecule has 14 heavy (non-hydrogen) atoms. The van der Waals surface area contributed by atoms with E-state index in [1.54, 1.807) is 0 Å². The molecule has 2 unspecified atom stereocenters. The van der Waals surface area contributed by atoms with E-state index < -0.39 is 0 Å². The second kappa shape index (κ2) is 3.90. The van der Waals surface area contributed by atoms with E-state index in [2.05, 4.69) is 33.8 Å². The average Bonchev–Trinajstić information content (AvgIpc) is 2.49. The van der Waals surface area contributed by atoms with Crippen molar-refractivity contribution in [1.82, 2.24) is 0 Å². The fraction of sp³-hybridized carbons (Fsp3) is 0.917. The molecule has 0 N–H and O–H groups in total. The SMILES string of the molecule is CCC(C)(C)C1CCC(C)(CC#N)O1.